The zero-order valence-electron chi connectivity index (χ0n) is 16.5. The highest BCUT2D eigenvalue weighted by Crippen LogP contribution is 2.63. The Bertz CT molecular complexity index is 558. The number of rotatable bonds is 5. The van der Waals surface area contributed by atoms with Crippen molar-refractivity contribution in [2.24, 2.45) is 17.3 Å². The van der Waals surface area contributed by atoms with Crippen LogP contribution in [0.1, 0.15) is 46.5 Å². The lowest BCUT2D eigenvalue weighted by atomic mass is 9.61. The molecule has 2 rings (SSSR count). The number of hydrogen-bond acceptors (Lipinski definition) is 2. The van der Waals surface area contributed by atoms with Gasteiger partial charge in [0.1, 0.15) is 0 Å². The van der Waals surface area contributed by atoms with E-state index in [2.05, 4.69) is 33.4 Å². The summed E-state index contributed by atoms with van der Waals surface area (Å²) < 4.78 is 23.5. The minimum atomic E-state index is -3.01. The molecule has 1 saturated carbocycles. The standard InChI is InChI=1S/C19H35N2O2P/c1-14(2)17-10-9-16(4)19(17)12-11-15(3)13-18(19)23-24(22,20(5)6)21(7)8/h11,16-18H,1,9-10,12-13H2,2-8H3/t16-,17-,18-,19-/m1/s1. The molecule has 0 bridgehead atoms. The molecule has 0 unspecified atom stereocenters. The molecule has 138 valence electrons. The summed E-state index contributed by atoms with van der Waals surface area (Å²) in [5.41, 5.74) is 2.60. The van der Waals surface area contributed by atoms with Crippen LogP contribution in [0.15, 0.2) is 23.8 Å². The Morgan fingerprint density at radius 1 is 1.29 bits per heavy atom. The van der Waals surface area contributed by atoms with Crippen molar-refractivity contribution in [1.29, 1.82) is 0 Å². The maximum atomic E-state index is 13.5. The molecule has 0 saturated heterocycles. The predicted octanol–water partition coefficient (Wildman–Crippen LogP) is 4.95. The van der Waals surface area contributed by atoms with Crippen molar-refractivity contribution in [3.8, 4) is 0 Å². The lowest BCUT2D eigenvalue weighted by Gasteiger charge is -2.49. The third-order valence-corrected chi connectivity index (χ3v) is 8.79. The van der Waals surface area contributed by atoms with Crippen molar-refractivity contribution in [3.05, 3.63) is 23.8 Å². The number of nitrogens with zero attached hydrogens (tertiary/aromatic N) is 2. The minimum absolute atomic E-state index is 0.0209. The van der Waals surface area contributed by atoms with Crippen molar-refractivity contribution < 1.29 is 9.09 Å². The second-order valence-corrected chi connectivity index (χ2v) is 11.0. The van der Waals surface area contributed by atoms with E-state index in [0.29, 0.717) is 11.8 Å². The summed E-state index contributed by atoms with van der Waals surface area (Å²) in [6, 6.07) is 0. The Labute approximate surface area is 148 Å². The topological polar surface area (TPSA) is 32.8 Å². The van der Waals surface area contributed by atoms with Crippen molar-refractivity contribution in [1.82, 2.24) is 9.34 Å². The fourth-order valence-electron chi connectivity index (χ4n) is 4.78. The Kier molecular flexibility index (Phi) is 5.87. The fourth-order valence-corrected chi connectivity index (χ4v) is 6.48. The van der Waals surface area contributed by atoms with Gasteiger partial charge in [-0.05, 0) is 79.6 Å². The fraction of sp³-hybridized carbons (Fsp3) is 0.789. The first-order chi connectivity index (χ1) is 11.1. The van der Waals surface area contributed by atoms with Gasteiger partial charge in [0.2, 0.25) is 0 Å². The lowest BCUT2D eigenvalue weighted by Crippen LogP contribution is -2.47. The van der Waals surface area contributed by atoms with Gasteiger partial charge in [0.05, 0.1) is 6.10 Å². The van der Waals surface area contributed by atoms with Gasteiger partial charge in [0, 0.05) is 5.41 Å². The Balaban J connectivity index is 2.46. The van der Waals surface area contributed by atoms with Crippen LogP contribution in [0, 0.1) is 17.3 Å². The van der Waals surface area contributed by atoms with E-state index in [9.17, 15) is 4.57 Å². The predicted molar refractivity (Wildman–Crippen MR) is 102 cm³/mol. The zero-order chi connectivity index (χ0) is 18.3. The molecule has 5 heteroatoms. The summed E-state index contributed by atoms with van der Waals surface area (Å²) in [6.07, 6.45) is 6.56. The van der Waals surface area contributed by atoms with Gasteiger partial charge in [0.25, 0.3) is 0 Å². The molecule has 24 heavy (non-hydrogen) atoms. The van der Waals surface area contributed by atoms with E-state index in [1.54, 1.807) is 9.34 Å². The van der Waals surface area contributed by atoms with Crippen molar-refractivity contribution in [3.63, 3.8) is 0 Å². The van der Waals surface area contributed by atoms with E-state index in [1.807, 2.05) is 28.2 Å². The molecule has 0 heterocycles. The number of hydrogen-bond donors (Lipinski definition) is 0. The molecule has 1 spiro atoms. The van der Waals surface area contributed by atoms with E-state index in [0.717, 1.165) is 19.3 Å². The largest absolute Gasteiger partial charge is 0.345 e. The Morgan fingerprint density at radius 3 is 2.38 bits per heavy atom. The highest BCUT2D eigenvalue weighted by atomic mass is 31.2. The van der Waals surface area contributed by atoms with E-state index in [-0.39, 0.29) is 11.5 Å². The molecule has 2 aliphatic rings. The zero-order valence-corrected chi connectivity index (χ0v) is 17.4. The summed E-state index contributed by atoms with van der Waals surface area (Å²) in [5.74, 6) is 0.992. The molecule has 1 fully saturated rings. The molecule has 0 radical (unpaired) electrons. The molecule has 2 aliphatic carbocycles. The summed E-state index contributed by atoms with van der Waals surface area (Å²) in [7, 11) is 4.35. The Morgan fingerprint density at radius 2 is 1.88 bits per heavy atom. The first-order valence-electron chi connectivity index (χ1n) is 9.00. The minimum Gasteiger partial charge on any atom is -0.302 e. The van der Waals surface area contributed by atoms with Gasteiger partial charge in [-0.1, -0.05) is 30.7 Å². The third-order valence-electron chi connectivity index (χ3n) is 6.24. The van der Waals surface area contributed by atoms with Gasteiger partial charge in [0.15, 0.2) is 0 Å². The van der Waals surface area contributed by atoms with Gasteiger partial charge in [-0.2, -0.15) is 0 Å². The summed E-state index contributed by atoms with van der Waals surface area (Å²) in [6.45, 7) is 10.9. The molecule has 0 N–H and O–H groups in total. The van der Waals surface area contributed by atoms with Crippen LogP contribution in [-0.2, 0) is 9.09 Å². The van der Waals surface area contributed by atoms with Crippen LogP contribution >= 0.6 is 7.67 Å². The van der Waals surface area contributed by atoms with Crippen LogP contribution in [0.5, 0.6) is 0 Å². The van der Waals surface area contributed by atoms with Crippen molar-refractivity contribution >= 4 is 7.67 Å². The molecule has 4 atom stereocenters. The SMILES string of the molecule is C=C(C)[C@H]1CC[C@@H](C)[C@]12CC=C(C)C[C@H]2OP(=O)(N(C)C)N(C)C. The molecule has 0 aromatic rings. The average Bonchev–Trinajstić information content (AvgIpc) is 2.80. The summed E-state index contributed by atoms with van der Waals surface area (Å²) >= 11 is 0. The normalized spacial score (nSPS) is 34.2. The second-order valence-electron chi connectivity index (χ2n) is 8.23. The lowest BCUT2D eigenvalue weighted by molar-refractivity contribution is -0.0167. The van der Waals surface area contributed by atoms with E-state index in [1.165, 1.54) is 17.6 Å². The maximum Gasteiger partial charge on any atom is 0.345 e. The van der Waals surface area contributed by atoms with Gasteiger partial charge in [-0.25, -0.2) is 9.34 Å². The smallest absolute Gasteiger partial charge is 0.302 e. The Hall–Kier alpha value is -0.410. The third kappa shape index (κ3) is 3.19. The van der Waals surface area contributed by atoms with Gasteiger partial charge < -0.3 is 4.52 Å². The first-order valence-corrected chi connectivity index (χ1v) is 10.5. The molecule has 0 aliphatic heterocycles. The average molecular weight is 354 g/mol. The monoisotopic (exact) mass is 354 g/mol. The van der Waals surface area contributed by atoms with E-state index in [4.69, 9.17) is 4.52 Å². The highest BCUT2D eigenvalue weighted by Gasteiger charge is 2.56. The quantitative estimate of drug-likeness (QED) is 0.516. The van der Waals surface area contributed by atoms with E-state index < -0.39 is 7.67 Å². The van der Waals surface area contributed by atoms with Crippen LogP contribution in [0.2, 0.25) is 0 Å². The molecule has 0 aromatic heterocycles. The molecular formula is C19H35N2O2P. The number of allylic oxidation sites excluding steroid dienone is 2. The molecule has 0 aromatic carbocycles. The van der Waals surface area contributed by atoms with Crippen molar-refractivity contribution in [2.75, 3.05) is 28.2 Å². The molecule has 0 amide bonds. The van der Waals surface area contributed by atoms with Crippen LogP contribution in [-0.4, -0.2) is 43.6 Å². The molecule has 4 nitrogen and oxygen atoms in total. The summed E-state index contributed by atoms with van der Waals surface area (Å²) in [5, 5.41) is 0. The van der Waals surface area contributed by atoms with Gasteiger partial charge in [-0.3, -0.25) is 4.57 Å². The highest BCUT2D eigenvalue weighted by molar-refractivity contribution is 7.53. The van der Waals surface area contributed by atoms with Crippen LogP contribution < -0.4 is 0 Å². The maximum absolute atomic E-state index is 13.5. The van der Waals surface area contributed by atoms with Gasteiger partial charge in [-0.15, -0.1) is 0 Å². The van der Waals surface area contributed by atoms with Crippen molar-refractivity contribution in [2.45, 2.75) is 52.6 Å². The van der Waals surface area contributed by atoms with Gasteiger partial charge >= 0.3 is 7.67 Å². The van der Waals surface area contributed by atoms with Crippen LogP contribution in [0.3, 0.4) is 0 Å². The van der Waals surface area contributed by atoms with Crippen LogP contribution in [0.4, 0.5) is 0 Å². The van der Waals surface area contributed by atoms with Crippen LogP contribution in [0.25, 0.3) is 0 Å². The first kappa shape index (κ1) is 19.9. The van der Waals surface area contributed by atoms with E-state index >= 15 is 0 Å². The summed E-state index contributed by atoms with van der Waals surface area (Å²) in [4.78, 5) is 0. The molecular weight excluding hydrogens is 319 g/mol. The second kappa shape index (κ2) is 7.07.